The highest BCUT2D eigenvalue weighted by atomic mass is 16.6. The Labute approximate surface area is 195 Å². The number of aldehydes is 1. The smallest absolute Gasteiger partial charge is 0.405 e. The van der Waals surface area contributed by atoms with E-state index in [2.05, 4.69) is 10.3 Å². The van der Waals surface area contributed by atoms with Crippen LogP contribution in [0.4, 0.5) is 15.4 Å². The van der Waals surface area contributed by atoms with E-state index in [4.69, 9.17) is 10.5 Å². The first-order valence-corrected chi connectivity index (χ1v) is 10.6. The molecule has 3 rings (SSSR count). The lowest BCUT2D eigenvalue weighted by molar-refractivity contribution is -0.149. The van der Waals surface area contributed by atoms with Crippen LogP contribution in [-0.2, 0) is 20.7 Å². The number of nitrogens with two attached hydrogens (primary N) is 1. The van der Waals surface area contributed by atoms with Crippen molar-refractivity contribution in [3.8, 4) is 5.69 Å². The van der Waals surface area contributed by atoms with Crippen LogP contribution in [0.2, 0.25) is 0 Å². The van der Waals surface area contributed by atoms with Gasteiger partial charge in [-0.15, -0.1) is 0 Å². The van der Waals surface area contributed by atoms with E-state index in [1.165, 1.54) is 40.5 Å². The molecule has 0 spiro atoms. The van der Waals surface area contributed by atoms with Crippen molar-refractivity contribution in [2.75, 3.05) is 31.5 Å². The van der Waals surface area contributed by atoms with Gasteiger partial charge in [0.25, 0.3) is 5.91 Å². The zero-order chi connectivity index (χ0) is 24.9. The van der Waals surface area contributed by atoms with Gasteiger partial charge >= 0.3 is 17.8 Å². The summed E-state index contributed by atoms with van der Waals surface area (Å²) < 4.78 is 6.19. The predicted octanol–water partition coefficient (Wildman–Crippen LogP) is 0.524. The molecule has 1 fully saturated rings. The normalized spacial score (nSPS) is 13.8. The number of primary amides is 1. The SMILES string of the molecule is CC(C)(OC(N)=O)C(=O)N1CCN(C(=O)Nc2ccn(-c3cccc(CC=O)c3)c(=O)n2)CC1. The van der Waals surface area contributed by atoms with Crippen molar-refractivity contribution < 1.29 is 23.9 Å². The maximum absolute atomic E-state index is 12.6. The summed E-state index contributed by atoms with van der Waals surface area (Å²) in [6.07, 6.45) is 1.46. The number of rotatable bonds is 6. The fourth-order valence-electron chi connectivity index (χ4n) is 3.58. The largest absolute Gasteiger partial charge is 0.434 e. The molecule has 1 aliphatic rings. The monoisotopic (exact) mass is 470 g/mol. The van der Waals surface area contributed by atoms with Crippen LogP contribution >= 0.6 is 0 Å². The molecule has 0 radical (unpaired) electrons. The second-order valence-electron chi connectivity index (χ2n) is 8.15. The third-order valence-corrected chi connectivity index (χ3v) is 5.27. The highest BCUT2D eigenvalue weighted by molar-refractivity contribution is 5.89. The standard InChI is InChI=1S/C22H26N6O6/c1-22(2,34-19(23)31)18(30)26-9-11-27(12-10-26)20(32)24-17-6-8-28(21(33)25-17)16-5-3-4-15(14-16)7-13-29/h3-6,8,13-14H,7,9-12H2,1-2H3,(H2,23,31)(H,24,25,32,33). The Bertz CT molecular complexity index is 1150. The molecule has 1 aromatic heterocycles. The van der Waals surface area contributed by atoms with E-state index in [1.807, 2.05) is 0 Å². The molecule has 0 unspecified atom stereocenters. The Morgan fingerprint density at radius 2 is 1.82 bits per heavy atom. The molecule has 0 saturated carbocycles. The van der Waals surface area contributed by atoms with E-state index in [-0.39, 0.29) is 38.4 Å². The summed E-state index contributed by atoms with van der Waals surface area (Å²) >= 11 is 0. The van der Waals surface area contributed by atoms with Gasteiger partial charge in [-0.05, 0) is 37.6 Å². The first-order valence-electron chi connectivity index (χ1n) is 10.6. The number of aromatic nitrogens is 2. The number of benzene rings is 1. The van der Waals surface area contributed by atoms with E-state index in [1.54, 1.807) is 24.3 Å². The molecule has 12 heteroatoms. The van der Waals surface area contributed by atoms with Crippen LogP contribution in [0.1, 0.15) is 19.4 Å². The van der Waals surface area contributed by atoms with Crippen LogP contribution in [0, 0.1) is 0 Å². The molecule has 4 amide bonds. The number of hydrogen-bond donors (Lipinski definition) is 2. The van der Waals surface area contributed by atoms with Gasteiger partial charge in [0.2, 0.25) is 0 Å². The highest BCUT2D eigenvalue weighted by Gasteiger charge is 2.37. The predicted molar refractivity (Wildman–Crippen MR) is 122 cm³/mol. The molecule has 0 aliphatic carbocycles. The lowest BCUT2D eigenvalue weighted by atomic mass is 10.1. The number of carbonyl (C=O) groups is 4. The Morgan fingerprint density at radius 3 is 2.44 bits per heavy atom. The van der Waals surface area contributed by atoms with Crippen molar-refractivity contribution in [3.05, 3.63) is 52.6 Å². The molecular weight excluding hydrogens is 444 g/mol. The zero-order valence-corrected chi connectivity index (χ0v) is 18.9. The molecule has 2 aromatic rings. The summed E-state index contributed by atoms with van der Waals surface area (Å²) in [5, 5.41) is 2.59. The van der Waals surface area contributed by atoms with Crippen molar-refractivity contribution in [1.29, 1.82) is 0 Å². The number of hydrogen-bond acceptors (Lipinski definition) is 7. The van der Waals surface area contributed by atoms with Gasteiger partial charge in [-0.2, -0.15) is 4.98 Å². The number of anilines is 1. The number of urea groups is 1. The summed E-state index contributed by atoms with van der Waals surface area (Å²) in [4.78, 5) is 66.3. The average molecular weight is 470 g/mol. The van der Waals surface area contributed by atoms with Crippen molar-refractivity contribution in [3.63, 3.8) is 0 Å². The summed E-state index contributed by atoms with van der Waals surface area (Å²) in [6, 6.07) is 7.98. The van der Waals surface area contributed by atoms with Crippen LogP contribution in [0.3, 0.4) is 0 Å². The summed E-state index contributed by atoms with van der Waals surface area (Å²) in [5.74, 6) is -0.321. The Morgan fingerprint density at radius 1 is 1.15 bits per heavy atom. The molecule has 1 aromatic carbocycles. The topological polar surface area (TPSA) is 157 Å². The van der Waals surface area contributed by atoms with Gasteiger partial charge in [-0.1, -0.05) is 12.1 Å². The lowest BCUT2D eigenvalue weighted by Crippen LogP contribution is -2.56. The molecule has 3 N–H and O–H groups in total. The van der Waals surface area contributed by atoms with Crippen molar-refractivity contribution in [2.24, 2.45) is 5.73 Å². The van der Waals surface area contributed by atoms with Gasteiger partial charge in [0, 0.05) is 38.8 Å². The van der Waals surface area contributed by atoms with Gasteiger partial charge in [0.05, 0.1) is 5.69 Å². The van der Waals surface area contributed by atoms with E-state index in [0.29, 0.717) is 5.69 Å². The molecule has 0 atom stereocenters. The van der Waals surface area contributed by atoms with Crippen LogP contribution in [0.5, 0.6) is 0 Å². The molecular formula is C22H26N6O6. The third-order valence-electron chi connectivity index (χ3n) is 5.27. The quantitative estimate of drug-likeness (QED) is 0.583. The molecule has 1 aliphatic heterocycles. The molecule has 2 heterocycles. The van der Waals surface area contributed by atoms with Gasteiger partial charge in [-0.3, -0.25) is 14.7 Å². The van der Waals surface area contributed by atoms with Crippen molar-refractivity contribution >= 4 is 30.1 Å². The van der Waals surface area contributed by atoms with Gasteiger partial charge in [0.1, 0.15) is 12.1 Å². The van der Waals surface area contributed by atoms with E-state index in [9.17, 15) is 24.0 Å². The zero-order valence-electron chi connectivity index (χ0n) is 18.9. The van der Waals surface area contributed by atoms with Crippen LogP contribution in [-0.4, -0.2) is 75.4 Å². The van der Waals surface area contributed by atoms with Crippen molar-refractivity contribution in [2.45, 2.75) is 25.9 Å². The summed E-state index contributed by atoms with van der Waals surface area (Å²) in [6.45, 7) is 3.86. The number of carbonyl (C=O) groups excluding carboxylic acids is 4. The van der Waals surface area contributed by atoms with Crippen LogP contribution in [0.15, 0.2) is 41.3 Å². The maximum atomic E-state index is 12.6. The number of nitrogens with one attached hydrogen (secondary N) is 1. The number of ether oxygens (including phenoxy) is 1. The summed E-state index contributed by atoms with van der Waals surface area (Å²) in [5.41, 5.74) is 4.34. The summed E-state index contributed by atoms with van der Waals surface area (Å²) in [7, 11) is 0. The Hall–Kier alpha value is -4.22. The van der Waals surface area contributed by atoms with Crippen LogP contribution < -0.4 is 16.7 Å². The number of nitrogens with zero attached hydrogens (tertiary/aromatic N) is 4. The minimum absolute atomic E-state index is 0.0878. The Balaban J connectivity index is 1.60. The lowest BCUT2D eigenvalue weighted by Gasteiger charge is -2.37. The van der Waals surface area contributed by atoms with E-state index in [0.717, 1.165) is 11.8 Å². The average Bonchev–Trinajstić information content (AvgIpc) is 2.78. The Kier molecular flexibility index (Phi) is 7.29. The molecule has 34 heavy (non-hydrogen) atoms. The maximum Gasteiger partial charge on any atom is 0.405 e. The van der Waals surface area contributed by atoms with E-state index >= 15 is 0 Å². The highest BCUT2D eigenvalue weighted by Crippen LogP contribution is 2.16. The van der Waals surface area contributed by atoms with Gasteiger partial charge < -0.3 is 25.1 Å². The molecule has 0 bridgehead atoms. The van der Waals surface area contributed by atoms with Gasteiger partial charge in [-0.25, -0.2) is 14.4 Å². The van der Waals surface area contributed by atoms with E-state index < -0.39 is 29.3 Å². The minimum Gasteiger partial charge on any atom is -0.434 e. The molecule has 180 valence electrons. The second kappa shape index (κ2) is 10.1. The van der Waals surface area contributed by atoms with Gasteiger partial charge in [0.15, 0.2) is 5.60 Å². The number of piperazine rings is 1. The first-order chi connectivity index (χ1) is 16.1. The first kappa shape index (κ1) is 24.4. The fourth-order valence-corrected chi connectivity index (χ4v) is 3.58. The minimum atomic E-state index is -1.41. The second-order valence-corrected chi connectivity index (χ2v) is 8.15. The van der Waals surface area contributed by atoms with Crippen molar-refractivity contribution in [1.82, 2.24) is 19.4 Å². The molecule has 1 saturated heterocycles. The molecule has 12 nitrogen and oxygen atoms in total. The number of amides is 4. The third kappa shape index (κ3) is 5.77. The fraction of sp³-hybridized carbons (Fsp3) is 0.364. The van der Waals surface area contributed by atoms with Crippen LogP contribution in [0.25, 0.3) is 5.69 Å².